The third-order valence-electron chi connectivity index (χ3n) is 5.39. The summed E-state index contributed by atoms with van der Waals surface area (Å²) < 4.78 is 36.0. The number of nitrogens with zero attached hydrogens (tertiary/aromatic N) is 4. The first-order valence-corrected chi connectivity index (χ1v) is 12.5. The van der Waals surface area contributed by atoms with Crippen molar-refractivity contribution < 1.29 is 23.1 Å². The van der Waals surface area contributed by atoms with E-state index in [2.05, 4.69) is 37.8 Å². The zero-order valence-corrected chi connectivity index (χ0v) is 21.8. The number of carbonyl (C=O) groups is 2. The molecule has 0 fully saturated rings. The Labute approximate surface area is 217 Å². The van der Waals surface area contributed by atoms with Gasteiger partial charge in [-0.15, -0.1) is 0 Å². The highest BCUT2D eigenvalue weighted by atomic mass is 32.1. The van der Waals surface area contributed by atoms with Crippen LogP contribution in [-0.2, 0) is 11.8 Å². The molecule has 12 heteroatoms. The Kier molecular flexibility index (Phi) is 7.58. The number of thiazole rings is 1. The van der Waals surface area contributed by atoms with Gasteiger partial charge in [0.15, 0.2) is 11.5 Å². The van der Waals surface area contributed by atoms with E-state index in [-0.39, 0.29) is 15.7 Å². The lowest BCUT2D eigenvalue weighted by Crippen LogP contribution is -2.28. The SMILES string of the molecule is Cn1ncc(NC(=O)c2nc(-c3c(F)cccc3F)sc2NC(=O)OC(C)(C)C)c1N1CCC=CCC1. The topological polar surface area (TPSA) is 101 Å². The number of aromatic nitrogens is 3. The first-order chi connectivity index (χ1) is 17.5. The highest BCUT2D eigenvalue weighted by molar-refractivity contribution is 7.19. The molecule has 0 aliphatic carbocycles. The van der Waals surface area contributed by atoms with Crippen LogP contribution in [0.1, 0.15) is 44.1 Å². The van der Waals surface area contributed by atoms with Gasteiger partial charge in [0.1, 0.15) is 32.9 Å². The summed E-state index contributed by atoms with van der Waals surface area (Å²) in [6.07, 6.45) is 6.63. The first kappa shape index (κ1) is 26.3. The molecule has 0 saturated carbocycles. The fraction of sp³-hybridized carbons (Fsp3) is 0.360. The average molecular weight is 531 g/mol. The summed E-state index contributed by atoms with van der Waals surface area (Å²) >= 11 is 0.771. The Morgan fingerprint density at radius 3 is 2.35 bits per heavy atom. The number of anilines is 3. The van der Waals surface area contributed by atoms with Crippen LogP contribution in [0.15, 0.2) is 36.5 Å². The molecule has 2 N–H and O–H groups in total. The van der Waals surface area contributed by atoms with E-state index >= 15 is 0 Å². The largest absolute Gasteiger partial charge is 0.444 e. The lowest BCUT2D eigenvalue weighted by molar-refractivity contribution is 0.0636. The van der Waals surface area contributed by atoms with Crippen molar-refractivity contribution in [2.75, 3.05) is 28.6 Å². The predicted octanol–water partition coefficient (Wildman–Crippen LogP) is 5.58. The second-order valence-electron chi connectivity index (χ2n) is 9.42. The summed E-state index contributed by atoms with van der Waals surface area (Å²) in [7, 11) is 1.78. The summed E-state index contributed by atoms with van der Waals surface area (Å²) in [4.78, 5) is 32.2. The number of rotatable bonds is 5. The van der Waals surface area contributed by atoms with E-state index in [9.17, 15) is 18.4 Å². The molecule has 0 spiro atoms. The van der Waals surface area contributed by atoms with E-state index in [1.54, 1.807) is 32.5 Å². The van der Waals surface area contributed by atoms with Gasteiger partial charge in [0.05, 0.1) is 11.8 Å². The van der Waals surface area contributed by atoms with Crippen LogP contribution in [0.25, 0.3) is 10.6 Å². The van der Waals surface area contributed by atoms with Crippen molar-refractivity contribution >= 4 is 39.8 Å². The Balaban J connectivity index is 1.68. The second kappa shape index (κ2) is 10.7. The van der Waals surface area contributed by atoms with Crippen molar-refractivity contribution in [2.24, 2.45) is 7.05 Å². The van der Waals surface area contributed by atoms with Gasteiger partial charge in [0.2, 0.25) is 0 Å². The summed E-state index contributed by atoms with van der Waals surface area (Å²) in [5.41, 5.74) is -0.951. The van der Waals surface area contributed by atoms with E-state index in [1.807, 2.05) is 0 Å². The number of amides is 2. The third-order valence-corrected chi connectivity index (χ3v) is 6.37. The molecule has 0 saturated heterocycles. The van der Waals surface area contributed by atoms with Crippen LogP contribution >= 0.6 is 11.3 Å². The molecule has 1 aliphatic heterocycles. The number of nitrogens with one attached hydrogen (secondary N) is 2. The van der Waals surface area contributed by atoms with Crippen LogP contribution in [-0.4, -0.2) is 45.5 Å². The maximum absolute atomic E-state index is 14.5. The van der Waals surface area contributed by atoms with E-state index in [1.165, 1.54) is 12.3 Å². The third kappa shape index (κ3) is 6.13. The Morgan fingerprint density at radius 1 is 1.08 bits per heavy atom. The van der Waals surface area contributed by atoms with Crippen molar-refractivity contribution in [3.05, 3.63) is 53.9 Å². The molecule has 1 aliphatic rings. The number of aryl methyl sites for hydroxylation is 1. The minimum atomic E-state index is -0.839. The van der Waals surface area contributed by atoms with Crippen LogP contribution < -0.4 is 15.5 Å². The molecular formula is C25H28F2N6O3S. The summed E-state index contributed by atoms with van der Waals surface area (Å²) in [5, 5.41) is 9.49. The smallest absolute Gasteiger partial charge is 0.412 e. The number of halogens is 2. The Hall–Kier alpha value is -3.80. The molecule has 2 aromatic heterocycles. The van der Waals surface area contributed by atoms with Crippen LogP contribution in [0.3, 0.4) is 0 Å². The van der Waals surface area contributed by atoms with E-state index in [4.69, 9.17) is 4.74 Å². The van der Waals surface area contributed by atoms with Gasteiger partial charge in [-0.1, -0.05) is 29.6 Å². The van der Waals surface area contributed by atoms with Crippen LogP contribution in [0, 0.1) is 11.6 Å². The van der Waals surface area contributed by atoms with Gasteiger partial charge in [-0.3, -0.25) is 14.8 Å². The van der Waals surface area contributed by atoms with Crippen molar-refractivity contribution in [1.82, 2.24) is 14.8 Å². The van der Waals surface area contributed by atoms with Gasteiger partial charge in [0, 0.05) is 20.1 Å². The van der Waals surface area contributed by atoms with E-state index in [0.29, 0.717) is 11.5 Å². The van der Waals surface area contributed by atoms with Crippen LogP contribution in [0.5, 0.6) is 0 Å². The summed E-state index contributed by atoms with van der Waals surface area (Å²) in [6.45, 7) is 6.56. The lowest BCUT2D eigenvalue weighted by Gasteiger charge is -2.24. The Bertz CT molecular complexity index is 1310. The molecule has 0 atom stereocenters. The number of ether oxygens (including phenoxy) is 1. The lowest BCUT2D eigenvalue weighted by atomic mass is 10.2. The molecule has 4 rings (SSSR count). The van der Waals surface area contributed by atoms with Gasteiger partial charge in [-0.2, -0.15) is 5.10 Å². The molecule has 0 radical (unpaired) electrons. The highest BCUT2D eigenvalue weighted by Gasteiger charge is 2.27. The van der Waals surface area contributed by atoms with E-state index < -0.39 is 34.8 Å². The molecule has 1 aromatic carbocycles. The normalized spacial score (nSPS) is 13.8. The maximum Gasteiger partial charge on any atom is 0.412 e. The average Bonchev–Trinajstić information content (AvgIpc) is 3.25. The van der Waals surface area contributed by atoms with Gasteiger partial charge in [-0.25, -0.2) is 18.6 Å². The number of hydrogen-bond donors (Lipinski definition) is 2. The molecule has 0 unspecified atom stereocenters. The zero-order chi connectivity index (χ0) is 26.7. The number of benzene rings is 1. The standard InChI is InChI=1S/C25H28F2N6O3S/c1-25(2,3)36-24(35)31-22-19(30-21(37-22)18-15(26)10-9-11-16(18)27)20(34)29-17-14-28-32(4)23(17)33-12-7-5-6-8-13-33/h5-6,9-11,14H,7-8,12-13H2,1-4H3,(H,29,34)(H,31,35). The maximum atomic E-state index is 14.5. The van der Waals surface area contributed by atoms with Gasteiger partial charge >= 0.3 is 6.09 Å². The van der Waals surface area contributed by atoms with Crippen LogP contribution in [0.4, 0.5) is 30.1 Å². The first-order valence-electron chi connectivity index (χ1n) is 11.7. The van der Waals surface area contributed by atoms with Crippen molar-refractivity contribution in [3.8, 4) is 10.6 Å². The van der Waals surface area contributed by atoms with Crippen molar-refractivity contribution in [1.29, 1.82) is 0 Å². The molecule has 3 heterocycles. The van der Waals surface area contributed by atoms with Gasteiger partial charge in [0.25, 0.3) is 5.91 Å². The van der Waals surface area contributed by atoms with Crippen molar-refractivity contribution in [2.45, 2.75) is 39.2 Å². The Morgan fingerprint density at radius 2 is 1.73 bits per heavy atom. The number of carbonyl (C=O) groups excluding carboxylic acids is 2. The van der Waals surface area contributed by atoms with Gasteiger partial charge < -0.3 is 15.0 Å². The van der Waals surface area contributed by atoms with E-state index in [0.717, 1.165) is 49.4 Å². The monoisotopic (exact) mass is 530 g/mol. The zero-order valence-electron chi connectivity index (χ0n) is 21.0. The molecule has 0 bridgehead atoms. The summed E-state index contributed by atoms with van der Waals surface area (Å²) in [6, 6.07) is 3.43. The molecular weight excluding hydrogens is 502 g/mol. The number of hydrogen-bond acceptors (Lipinski definition) is 7. The predicted molar refractivity (Wildman–Crippen MR) is 139 cm³/mol. The fourth-order valence-electron chi connectivity index (χ4n) is 3.86. The fourth-order valence-corrected chi connectivity index (χ4v) is 4.86. The minimum Gasteiger partial charge on any atom is -0.444 e. The quantitative estimate of drug-likeness (QED) is 0.418. The molecule has 9 nitrogen and oxygen atoms in total. The van der Waals surface area contributed by atoms with Crippen LogP contribution in [0.2, 0.25) is 0 Å². The minimum absolute atomic E-state index is 0.00573. The summed E-state index contributed by atoms with van der Waals surface area (Å²) in [5.74, 6) is -1.63. The highest BCUT2D eigenvalue weighted by Crippen LogP contribution is 2.36. The van der Waals surface area contributed by atoms with Gasteiger partial charge in [-0.05, 0) is 45.7 Å². The second-order valence-corrected chi connectivity index (χ2v) is 10.4. The molecule has 3 aromatic rings. The van der Waals surface area contributed by atoms with Crippen molar-refractivity contribution in [3.63, 3.8) is 0 Å². The molecule has 196 valence electrons. The molecule has 37 heavy (non-hydrogen) atoms. The molecule has 2 amide bonds.